The smallest absolute Gasteiger partial charge is 0.335 e. The fraction of sp³-hybridized carbons (Fsp3) is 0.143. The second-order valence-electron chi connectivity index (χ2n) is 4.48. The van der Waals surface area contributed by atoms with Crippen LogP contribution in [0.2, 0.25) is 0 Å². The Morgan fingerprint density at radius 2 is 2.05 bits per heavy atom. The number of anilines is 1. The van der Waals surface area contributed by atoms with Gasteiger partial charge in [-0.1, -0.05) is 12.1 Å². The number of hydrogen-bond donors (Lipinski definition) is 2. The van der Waals surface area contributed by atoms with Crippen molar-refractivity contribution < 1.29 is 18.3 Å². The van der Waals surface area contributed by atoms with Gasteiger partial charge in [-0.05, 0) is 29.8 Å². The molecule has 0 atom stereocenters. The Hall–Kier alpha value is -2.41. The highest BCUT2D eigenvalue weighted by Crippen LogP contribution is 2.18. The zero-order valence-corrected chi connectivity index (χ0v) is 12.1. The molecule has 0 bridgehead atoms. The number of nitrogens with one attached hydrogen (secondary N) is 1. The van der Waals surface area contributed by atoms with E-state index in [4.69, 9.17) is 5.11 Å². The van der Waals surface area contributed by atoms with Crippen LogP contribution in [0.3, 0.4) is 0 Å². The molecule has 7 heteroatoms. The summed E-state index contributed by atoms with van der Waals surface area (Å²) in [7, 11) is -3.38. The van der Waals surface area contributed by atoms with Gasteiger partial charge in [0.15, 0.2) is 9.84 Å². The number of rotatable bonds is 5. The first-order valence-electron chi connectivity index (χ1n) is 6.09. The van der Waals surface area contributed by atoms with E-state index in [1.807, 2.05) is 0 Å². The molecule has 1 heterocycles. The van der Waals surface area contributed by atoms with E-state index in [2.05, 4.69) is 10.3 Å². The number of sulfone groups is 1. The fourth-order valence-corrected chi connectivity index (χ4v) is 2.62. The van der Waals surface area contributed by atoms with Gasteiger partial charge in [0.25, 0.3) is 0 Å². The summed E-state index contributed by atoms with van der Waals surface area (Å²) in [4.78, 5) is 15.0. The molecule has 0 aliphatic heterocycles. The van der Waals surface area contributed by atoms with Crippen LogP contribution in [0.5, 0.6) is 0 Å². The van der Waals surface area contributed by atoms with Crippen LogP contribution in [-0.4, -0.2) is 30.7 Å². The van der Waals surface area contributed by atoms with Crippen molar-refractivity contribution in [1.29, 1.82) is 0 Å². The van der Waals surface area contributed by atoms with E-state index >= 15 is 0 Å². The molecule has 0 saturated carbocycles. The van der Waals surface area contributed by atoms with Gasteiger partial charge in [-0.3, -0.25) is 0 Å². The van der Waals surface area contributed by atoms with E-state index in [0.717, 1.165) is 11.8 Å². The van der Waals surface area contributed by atoms with Crippen LogP contribution in [0, 0.1) is 0 Å². The first-order chi connectivity index (χ1) is 9.88. The molecule has 2 N–H and O–H groups in total. The maximum atomic E-state index is 11.7. The minimum atomic E-state index is -3.38. The van der Waals surface area contributed by atoms with Gasteiger partial charge in [-0.2, -0.15) is 0 Å². The molecule has 2 aromatic rings. The van der Waals surface area contributed by atoms with E-state index in [0.29, 0.717) is 0 Å². The van der Waals surface area contributed by atoms with Crippen molar-refractivity contribution in [2.24, 2.45) is 0 Å². The second-order valence-corrected chi connectivity index (χ2v) is 6.47. The molecule has 1 aromatic heterocycles. The van der Waals surface area contributed by atoms with Gasteiger partial charge in [0.2, 0.25) is 0 Å². The number of carboxylic acid groups (broad SMARTS) is 1. The van der Waals surface area contributed by atoms with Gasteiger partial charge in [0, 0.05) is 19.0 Å². The minimum absolute atomic E-state index is 0.111. The fourth-order valence-electron chi connectivity index (χ4n) is 1.82. The Bertz CT molecular complexity index is 772. The SMILES string of the molecule is CS(=O)(=O)c1cccnc1NCc1cccc(C(=O)O)c1. The number of benzene rings is 1. The molecule has 1 aromatic carbocycles. The summed E-state index contributed by atoms with van der Waals surface area (Å²) in [6, 6.07) is 9.43. The molecule has 110 valence electrons. The van der Waals surface area contributed by atoms with Crippen LogP contribution >= 0.6 is 0 Å². The highest BCUT2D eigenvalue weighted by atomic mass is 32.2. The maximum absolute atomic E-state index is 11.7. The van der Waals surface area contributed by atoms with Gasteiger partial charge < -0.3 is 10.4 Å². The highest BCUT2D eigenvalue weighted by molar-refractivity contribution is 7.90. The molecule has 0 unspecified atom stereocenters. The lowest BCUT2D eigenvalue weighted by Gasteiger charge is -2.10. The molecule has 0 fully saturated rings. The van der Waals surface area contributed by atoms with Crippen LogP contribution < -0.4 is 5.32 Å². The Balaban J connectivity index is 2.21. The number of aromatic carboxylic acids is 1. The Morgan fingerprint density at radius 1 is 1.29 bits per heavy atom. The molecule has 21 heavy (non-hydrogen) atoms. The summed E-state index contributed by atoms with van der Waals surface area (Å²) in [5.74, 6) is -0.757. The Kier molecular flexibility index (Phi) is 4.23. The Labute approximate surface area is 122 Å². The number of hydrogen-bond acceptors (Lipinski definition) is 5. The van der Waals surface area contributed by atoms with E-state index in [1.165, 1.54) is 24.4 Å². The lowest BCUT2D eigenvalue weighted by atomic mass is 10.1. The zero-order chi connectivity index (χ0) is 15.5. The third-order valence-electron chi connectivity index (χ3n) is 2.80. The molecule has 6 nitrogen and oxygen atoms in total. The first-order valence-corrected chi connectivity index (χ1v) is 7.98. The average molecular weight is 306 g/mol. The highest BCUT2D eigenvalue weighted by Gasteiger charge is 2.13. The van der Waals surface area contributed by atoms with E-state index in [9.17, 15) is 13.2 Å². The lowest BCUT2D eigenvalue weighted by molar-refractivity contribution is 0.0696. The number of aromatic nitrogens is 1. The summed E-state index contributed by atoms with van der Waals surface area (Å²) in [6.45, 7) is 0.278. The van der Waals surface area contributed by atoms with Gasteiger partial charge in [-0.25, -0.2) is 18.2 Å². The van der Waals surface area contributed by atoms with E-state index < -0.39 is 15.8 Å². The number of pyridine rings is 1. The van der Waals surface area contributed by atoms with Gasteiger partial charge >= 0.3 is 5.97 Å². The van der Waals surface area contributed by atoms with Crippen molar-refractivity contribution in [3.8, 4) is 0 Å². The van der Waals surface area contributed by atoms with Gasteiger partial charge in [0.05, 0.1) is 5.56 Å². The molecule has 0 spiro atoms. The normalized spacial score (nSPS) is 11.1. The third kappa shape index (κ3) is 3.79. The summed E-state index contributed by atoms with van der Waals surface area (Å²) in [6.07, 6.45) is 2.60. The number of carbonyl (C=O) groups is 1. The van der Waals surface area contributed by atoms with Gasteiger partial charge in [-0.15, -0.1) is 0 Å². The van der Waals surface area contributed by atoms with Crippen molar-refractivity contribution in [2.45, 2.75) is 11.4 Å². The zero-order valence-electron chi connectivity index (χ0n) is 11.3. The van der Waals surface area contributed by atoms with Crippen LogP contribution in [0.1, 0.15) is 15.9 Å². The van der Waals surface area contributed by atoms with Crippen molar-refractivity contribution in [2.75, 3.05) is 11.6 Å². The largest absolute Gasteiger partial charge is 0.478 e. The monoisotopic (exact) mass is 306 g/mol. The molecule has 0 amide bonds. The molecule has 0 radical (unpaired) electrons. The van der Waals surface area contributed by atoms with Crippen molar-refractivity contribution in [3.05, 3.63) is 53.7 Å². The number of nitrogens with zero attached hydrogens (tertiary/aromatic N) is 1. The molecular weight excluding hydrogens is 292 g/mol. The quantitative estimate of drug-likeness (QED) is 0.874. The van der Waals surface area contributed by atoms with Gasteiger partial charge in [0.1, 0.15) is 10.7 Å². The average Bonchev–Trinajstić information content (AvgIpc) is 2.45. The summed E-state index contributed by atoms with van der Waals surface area (Å²) in [5.41, 5.74) is 0.902. The third-order valence-corrected chi connectivity index (χ3v) is 3.93. The Morgan fingerprint density at radius 3 is 2.71 bits per heavy atom. The lowest BCUT2D eigenvalue weighted by Crippen LogP contribution is -2.08. The van der Waals surface area contributed by atoms with Crippen LogP contribution in [0.15, 0.2) is 47.5 Å². The van der Waals surface area contributed by atoms with Crippen LogP contribution in [-0.2, 0) is 16.4 Å². The summed E-state index contributed by atoms with van der Waals surface area (Å²) < 4.78 is 23.3. The predicted octanol–water partition coefficient (Wildman–Crippen LogP) is 1.80. The molecule has 2 rings (SSSR count). The molecule has 0 aliphatic carbocycles. The maximum Gasteiger partial charge on any atom is 0.335 e. The van der Waals surface area contributed by atoms with Crippen LogP contribution in [0.4, 0.5) is 5.82 Å². The standard InChI is InChI=1S/C14H14N2O4S/c1-21(19,20)12-6-3-7-15-13(12)16-9-10-4-2-5-11(8-10)14(17)18/h2-8H,9H2,1H3,(H,15,16)(H,17,18). The van der Waals surface area contributed by atoms with Crippen LogP contribution in [0.25, 0.3) is 0 Å². The second kappa shape index (κ2) is 5.92. The van der Waals surface area contributed by atoms with Crippen molar-refractivity contribution in [3.63, 3.8) is 0 Å². The summed E-state index contributed by atoms with van der Waals surface area (Å²) in [5, 5.41) is 11.9. The molecule has 0 saturated heterocycles. The van der Waals surface area contributed by atoms with E-state index in [1.54, 1.807) is 18.2 Å². The van der Waals surface area contributed by atoms with Crippen molar-refractivity contribution >= 4 is 21.6 Å². The molecular formula is C14H14N2O4S. The van der Waals surface area contributed by atoms with E-state index in [-0.39, 0.29) is 22.8 Å². The minimum Gasteiger partial charge on any atom is -0.478 e. The first kappa shape index (κ1) is 15.0. The molecule has 0 aliphatic rings. The van der Waals surface area contributed by atoms with Crippen molar-refractivity contribution in [1.82, 2.24) is 4.98 Å². The predicted molar refractivity (Wildman–Crippen MR) is 78.1 cm³/mol. The topological polar surface area (TPSA) is 96.4 Å². The summed E-state index contributed by atoms with van der Waals surface area (Å²) >= 11 is 0. The number of carboxylic acids is 1.